The summed E-state index contributed by atoms with van der Waals surface area (Å²) in [6, 6.07) is 37.9. The summed E-state index contributed by atoms with van der Waals surface area (Å²) in [6.07, 6.45) is 3.37. The van der Waals surface area contributed by atoms with Crippen LogP contribution in [-0.2, 0) is 21.3 Å². The van der Waals surface area contributed by atoms with Crippen molar-refractivity contribution in [1.29, 1.82) is 0 Å². The second-order valence-corrected chi connectivity index (χ2v) is 13.6. The number of hydrogen-bond acceptors (Lipinski definition) is 5. The van der Waals surface area contributed by atoms with E-state index in [1.54, 1.807) is 26.4 Å². The molecule has 1 unspecified atom stereocenters. The lowest BCUT2D eigenvalue weighted by atomic mass is 9.76. The van der Waals surface area contributed by atoms with Crippen LogP contribution in [-0.4, -0.2) is 28.6 Å². The molecule has 5 aromatic carbocycles. The van der Waals surface area contributed by atoms with Crippen molar-refractivity contribution in [2.24, 2.45) is 5.92 Å². The van der Waals surface area contributed by atoms with Crippen molar-refractivity contribution in [2.45, 2.75) is 30.5 Å². The van der Waals surface area contributed by atoms with Crippen LogP contribution >= 0.6 is 0 Å². The molecule has 0 bridgehead atoms. The summed E-state index contributed by atoms with van der Waals surface area (Å²) >= 11 is 0. The average Bonchev–Trinajstić information content (AvgIpc) is 3.61. The molecule has 50 heavy (non-hydrogen) atoms. The van der Waals surface area contributed by atoms with Crippen molar-refractivity contribution in [3.8, 4) is 16.9 Å². The third-order valence-electron chi connectivity index (χ3n) is 8.83. The molecule has 6 aromatic rings. The van der Waals surface area contributed by atoms with Crippen molar-refractivity contribution in [3.05, 3.63) is 180 Å². The topological polar surface area (TPSA) is 81.4 Å². The molecule has 0 amide bonds. The fourth-order valence-corrected chi connectivity index (χ4v) is 6.80. The Morgan fingerprint density at radius 2 is 1.22 bits per heavy atom. The molecule has 0 fully saturated rings. The minimum absolute atomic E-state index is 0.110. The van der Waals surface area contributed by atoms with E-state index in [0.717, 1.165) is 34.9 Å². The van der Waals surface area contributed by atoms with Gasteiger partial charge in [-0.3, -0.25) is 0 Å². The van der Waals surface area contributed by atoms with E-state index in [1.165, 1.54) is 24.3 Å². The Bertz CT molecular complexity index is 2090. The van der Waals surface area contributed by atoms with Gasteiger partial charge in [0.25, 0.3) is 0 Å². The Hall–Kier alpha value is -5.26. The van der Waals surface area contributed by atoms with Crippen LogP contribution in [0.2, 0.25) is 0 Å². The number of rotatable bonds is 10. The number of alkyl halides is 3. The highest BCUT2D eigenvalue weighted by Crippen LogP contribution is 2.45. The maximum atomic E-state index is 13.9. The van der Waals surface area contributed by atoms with Crippen molar-refractivity contribution in [2.75, 3.05) is 0 Å². The Morgan fingerprint density at radius 3 is 1.68 bits per heavy atom. The van der Waals surface area contributed by atoms with Crippen molar-refractivity contribution >= 4 is 10.1 Å². The third kappa shape index (κ3) is 6.07. The SMILES string of the molecule is CC(C)C(O)(c1ccc(OS(=O)(=O)C(F)(F)F)c(-c2ccc(F)cc2)c1)c1cn(C(c2ccccc2)(c2ccccc2)c2ccccc2)cn1. The summed E-state index contributed by atoms with van der Waals surface area (Å²) in [6.45, 7) is 3.52. The summed E-state index contributed by atoms with van der Waals surface area (Å²) in [5.74, 6) is -1.82. The molecule has 0 radical (unpaired) electrons. The quantitative estimate of drug-likeness (QED) is 0.0670. The predicted molar refractivity (Wildman–Crippen MR) is 182 cm³/mol. The van der Waals surface area contributed by atoms with E-state index in [4.69, 9.17) is 4.98 Å². The summed E-state index contributed by atoms with van der Waals surface area (Å²) in [5.41, 5.74) is -5.27. The molecule has 1 N–H and O–H groups in total. The van der Waals surface area contributed by atoms with Gasteiger partial charge in [-0.25, -0.2) is 9.37 Å². The van der Waals surface area contributed by atoms with Gasteiger partial charge in [0.15, 0.2) is 5.75 Å². The van der Waals surface area contributed by atoms with Crippen LogP contribution < -0.4 is 4.18 Å². The van der Waals surface area contributed by atoms with Crippen LogP contribution in [0.15, 0.2) is 146 Å². The lowest BCUT2D eigenvalue weighted by Gasteiger charge is -2.37. The first-order valence-corrected chi connectivity index (χ1v) is 17.0. The van der Waals surface area contributed by atoms with E-state index >= 15 is 0 Å². The van der Waals surface area contributed by atoms with Gasteiger partial charge in [-0.1, -0.05) is 123 Å². The zero-order valence-electron chi connectivity index (χ0n) is 26.9. The second-order valence-electron chi connectivity index (χ2n) is 12.1. The Kier molecular flexibility index (Phi) is 9.15. The van der Waals surface area contributed by atoms with E-state index in [-0.39, 0.29) is 22.4 Å². The van der Waals surface area contributed by atoms with Crippen LogP contribution in [0.3, 0.4) is 0 Å². The summed E-state index contributed by atoms with van der Waals surface area (Å²) < 4.78 is 84.5. The van der Waals surface area contributed by atoms with Gasteiger partial charge in [0.05, 0.1) is 12.0 Å². The first-order valence-electron chi connectivity index (χ1n) is 15.6. The second kappa shape index (κ2) is 13.2. The largest absolute Gasteiger partial charge is 0.534 e. The molecule has 0 aliphatic heterocycles. The molecule has 0 aliphatic rings. The highest BCUT2D eigenvalue weighted by atomic mass is 32.2. The normalized spacial score (nSPS) is 13.6. The van der Waals surface area contributed by atoms with Gasteiger partial charge in [-0.15, -0.1) is 0 Å². The van der Waals surface area contributed by atoms with Crippen molar-refractivity contribution in [3.63, 3.8) is 0 Å². The number of nitrogens with zero attached hydrogens (tertiary/aromatic N) is 2. The Morgan fingerprint density at radius 1 is 0.720 bits per heavy atom. The number of aliphatic hydroxyl groups is 1. The van der Waals surface area contributed by atoms with Crippen molar-refractivity contribution < 1.29 is 35.3 Å². The van der Waals surface area contributed by atoms with Gasteiger partial charge in [-0.2, -0.15) is 21.6 Å². The molecule has 0 aliphatic carbocycles. The van der Waals surface area contributed by atoms with Crippen LogP contribution in [0.1, 0.15) is 41.8 Å². The number of aromatic nitrogens is 2. The molecule has 256 valence electrons. The van der Waals surface area contributed by atoms with E-state index in [0.29, 0.717) is 0 Å². The van der Waals surface area contributed by atoms with Crippen LogP contribution in [0, 0.1) is 11.7 Å². The molecule has 6 rings (SSSR count). The number of benzene rings is 5. The molecule has 1 aromatic heterocycles. The van der Waals surface area contributed by atoms with Gasteiger partial charge >= 0.3 is 15.6 Å². The highest BCUT2D eigenvalue weighted by molar-refractivity contribution is 7.88. The first kappa shape index (κ1) is 34.6. The van der Waals surface area contributed by atoms with Crippen LogP contribution in [0.5, 0.6) is 5.75 Å². The number of imidazole rings is 1. The predicted octanol–water partition coefficient (Wildman–Crippen LogP) is 8.65. The molecular weight excluding hydrogens is 668 g/mol. The smallest absolute Gasteiger partial charge is 0.378 e. The van der Waals surface area contributed by atoms with Crippen LogP contribution in [0.4, 0.5) is 17.6 Å². The van der Waals surface area contributed by atoms with Gasteiger partial charge in [-0.05, 0) is 58.0 Å². The van der Waals surface area contributed by atoms with E-state index < -0.39 is 44.3 Å². The molecule has 0 saturated carbocycles. The van der Waals surface area contributed by atoms with Gasteiger partial charge < -0.3 is 13.9 Å². The summed E-state index contributed by atoms with van der Waals surface area (Å²) in [5, 5.41) is 12.6. The highest BCUT2D eigenvalue weighted by Gasteiger charge is 2.49. The third-order valence-corrected chi connectivity index (χ3v) is 9.79. The number of halogens is 4. The van der Waals surface area contributed by atoms with Gasteiger partial charge in [0.1, 0.15) is 17.0 Å². The Labute approximate surface area is 287 Å². The fraction of sp³-hybridized carbons (Fsp3) is 0.154. The van der Waals surface area contributed by atoms with Crippen molar-refractivity contribution in [1.82, 2.24) is 9.55 Å². The van der Waals surface area contributed by atoms with E-state index in [1.807, 2.05) is 95.6 Å². The molecule has 6 nitrogen and oxygen atoms in total. The average molecular weight is 701 g/mol. The maximum absolute atomic E-state index is 13.9. The van der Waals surface area contributed by atoms with Crippen LogP contribution in [0.25, 0.3) is 11.1 Å². The summed E-state index contributed by atoms with van der Waals surface area (Å²) in [7, 11) is -6.05. The van der Waals surface area contributed by atoms with Gasteiger partial charge in [0.2, 0.25) is 0 Å². The zero-order valence-corrected chi connectivity index (χ0v) is 27.7. The van der Waals surface area contributed by atoms with E-state index in [2.05, 4.69) is 4.18 Å². The minimum atomic E-state index is -6.05. The first-order chi connectivity index (χ1) is 23.8. The fourth-order valence-electron chi connectivity index (χ4n) is 6.33. The summed E-state index contributed by atoms with van der Waals surface area (Å²) in [4.78, 5) is 4.74. The molecule has 1 heterocycles. The van der Waals surface area contributed by atoms with Gasteiger partial charge in [0, 0.05) is 11.8 Å². The molecule has 0 saturated heterocycles. The molecule has 11 heteroatoms. The minimum Gasteiger partial charge on any atom is -0.378 e. The maximum Gasteiger partial charge on any atom is 0.534 e. The molecule has 1 atom stereocenters. The monoisotopic (exact) mass is 700 g/mol. The molecule has 0 spiro atoms. The zero-order chi connectivity index (χ0) is 35.7. The molecular formula is C39H32F4N2O4S. The van der Waals surface area contributed by atoms with E-state index in [9.17, 15) is 31.1 Å². The lowest BCUT2D eigenvalue weighted by molar-refractivity contribution is -0.0499. The lowest BCUT2D eigenvalue weighted by Crippen LogP contribution is -2.37. The Balaban J connectivity index is 1.57. The standard InChI is InChI=1S/C39H32F4N2O4S/c1-27(2)38(46,32-20-23-35(49-50(47,48)39(41,42)43)34(24-32)28-18-21-33(40)22-19-28)36-25-45(26-44-36)37(29-12-6-3-7-13-29,30-14-8-4-9-15-30)31-16-10-5-11-17-31/h3-27,46H,1-2H3. The number of hydrogen-bond donors (Lipinski definition) is 1.